The first-order chi connectivity index (χ1) is 13.1. The molecule has 0 N–H and O–H groups in total. The second-order valence-electron chi connectivity index (χ2n) is 6.56. The molecule has 0 spiro atoms. The van der Waals surface area contributed by atoms with Crippen molar-refractivity contribution in [2.24, 2.45) is 0 Å². The van der Waals surface area contributed by atoms with Crippen molar-refractivity contribution in [3.63, 3.8) is 0 Å². The van der Waals surface area contributed by atoms with Gasteiger partial charge in [-0.3, -0.25) is 4.79 Å². The molecule has 6 heteroatoms. The molecular weight excluding hydrogens is 362 g/mol. The van der Waals surface area contributed by atoms with Gasteiger partial charge in [0.05, 0.1) is 10.7 Å². The van der Waals surface area contributed by atoms with Gasteiger partial charge >= 0.3 is 0 Å². The highest BCUT2D eigenvalue weighted by atomic mass is 35.5. The van der Waals surface area contributed by atoms with Crippen molar-refractivity contribution in [1.29, 1.82) is 0 Å². The Labute approximate surface area is 163 Å². The minimum Gasteiger partial charge on any atom is -0.367 e. The van der Waals surface area contributed by atoms with Gasteiger partial charge in [0.2, 0.25) is 0 Å². The van der Waals surface area contributed by atoms with Crippen LogP contribution in [0.1, 0.15) is 16.1 Å². The van der Waals surface area contributed by atoms with Crippen molar-refractivity contribution in [3.05, 3.63) is 70.9 Å². The molecule has 2 heterocycles. The zero-order valence-corrected chi connectivity index (χ0v) is 15.8. The normalized spacial score (nSPS) is 14.4. The summed E-state index contributed by atoms with van der Waals surface area (Å²) in [7, 11) is 0. The molecule has 2 aromatic carbocycles. The molecule has 138 valence electrons. The summed E-state index contributed by atoms with van der Waals surface area (Å²) < 4.78 is 5.34. The number of nitrogens with zero attached hydrogens (tertiary/aromatic N) is 3. The number of piperazine rings is 1. The van der Waals surface area contributed by atoms with E-state index >= 15 is 0 Å². The van der Waals surface area contributed by atoms with E-state index in [-0.39, 0.29) is 5.91 Å². The highest BCUT2D eigenvalue weighted by Gasteiger charge is 2.29. The molecule has 1 aliphatic heterocycles. The van der Waals surface area contributed by atoms with E-state index in [1.54, 1.807) is 6.92 Å². The average molecular weight is 382 g/mol. The molecule has 27 heavy (non-hydrogen) atoms. The fraction of sp³-hybridized carbons (Fsp3) is 0.238. The number of carbonyl (C=O) groups excluding carboxylic acids is 1. The first-order valence-electron chi connectivity index (χ1n) is 8.95. The Balaban J connectivity index is 1.53. The van der Waals surface area contributed by atoms with Crippen LogP contribution in [0, 0.1) is 6.92 Å². The van der Waals surface area contributed by atoms with E-state index in [9.17, 15) is 4.79 Å². The van der Waals surface area contributed by atoms with Crippen molar-refractivity contribution >= 4 is 23.2 Å². The molecule has 5 nitrogen and oxygen atoms in total. The van der Waals surface area contributed by atoms with Crippen LogP contribution in [-0.2, 0) is 0 Å². The van der Waals surface area contributed by atoms with Gasteiger partial charge in [0.1, 0.15) is 17.0 Å². The lowest BCUT2D eigenvalue weighted by Gasteiger charge is -2.36. The number of anilines is 1. The van der Waals surface area contributed by atoms with Crippen LogP contribution in [0.3, 0.4) is 0 Å². The summed E-state index contributed by atoms with van der Waals surface area (Å²) in [5.74, 6) is 0.513. The maximum Gasteiger partial charge on any atom is 0.259 e. The van der Waals surface area contributed by atoms with Crippen LogP contribution in [0.4, 0.5) is 5.69 Å². The zero-order valence-electron chi connectivity index (χ0n) is 15.1. The molecule has 0 saturated carbocycles. The van der Waals surface area contributed by atoms with Gasteiger partial charge in [-0.2, -0.15) is 0 Å². The van der Waals surface area contributed by atoms with E-state index in [1.807, 2.05) is 59.5 Å². The fourth-order valence-corrected chi connectivity index (χ4v) is 3.69. The lowest BCUT2D eigenvalue weighted by molar-refractivity contribution is 0.0745. The third-order valence-electron chi connectivity index (χ3n) is 4.88. The molecule has 0 unspecified atom stereocenters. The molecule has 4 rings (SSSR count). The van der Waals surface area contributed by atoms with Crippen LogP contribution in [-0.4, -0.2) is 42.1 Å². The van der Waals surface area contributed by atoms with Crippen LogP contribution < -0.4 is 4.90 Å². The number of hydrogen-bond donors (Lipinski definition) is 0. The molecule has 3 aromatic rings. The third-order valence-corrected chi connectivity index (χ3v) is 5.20. The van der Waals surface area contributed by atoms with E-state index in [1.165, 1.54) is 0 Å². The molecule has 0 atom stereocenters. The van der Waals surface area contributed by atoms with Gasteiger partial charge in [-0.25, -0.2) is 0 Å². The fourth-order valence-electron chi connectivity index (χ4n) is 3.43. The Bertz CT molecular complexity index is 947. The number of para-hydroxylation sites is 1. The van der Waals surface area contributed by atoms with Crippen LogP contribution >= 0.6 is 11.6 Å². The molecule has 0 radical (unpaired) electrons. The van der Waals surface area contributed by atoms with Gasteiger partial charge in [0, 0.05) is 31.7 Å². The molecule has 1 saturated heterocycles. The lowest BCUT2D eigenvalue weighted by atomic mass is 10.0. The number of halogens is 1. The van der Waals surface area contributed by atoms with E-state index in [0.29, 0.717) is 30.1 Å². The number of aromatic nitrogens is 1. The number of amides is 1. The maximum absolute atomic E-state index is 13.2. The molecule has 0 bridgehead atoms. The van der Waals surface area contributed by atoms with Crippen LogP contribution in [0.2, 0.25) is 5.02 Å². The van der Waals surface area contributed by atoms with Crippen molar-refractivity contribution < 1.29 is 9.32 Å². The molecule has 1 aliphatic rings. The number of carbonyl (C=O) groups is 1. The summed E-state index contributed by atoms with van der Waals surface area (Å²) in [6.07, 6.45) is 0. The molecular formula is C21H20ClN3O2. The van der Waals surface area contributed by atoms with Gasteiger partial charge < -0.3 is 14.3 Å². The minimum absolute atomic E-state index is 0.0357. The second-order valence-corrected chi connectivity index (χ2v) is 6.97. The van der Waals surface area contributed by atoms with E-state index in [2.05, 4.69) is 10.1 Å². The highest BCUT2D eigenvalue weighted by Crippen LogP contribution is 2.29. The van der Waals surface area contributed by atoms with Crippen molar-refractivity contribution in [3.8, 4) is 11.3 Å². The SMILES string of the molecule is Cc1onc(-c2ccccc2)c1C(=O)N1CCN(c2ccccc2Cl)CC1. The Hall–Kier alpha value is -2.79. The first-order valence-corrected chi connectivity index (χ1v) is 9.33. The Kier molecular flexibility index (Phi) is 4.86. The topological polar surface area (TPSA) is 49.6 Å². The van der Waals surface area contributed by atoms with Crippen molar-refractivity contribution in [1.82, 2.24) is 10.1 Å². The smallest absolute Gasteiger partial charge is 0.259 e. The van der Waals surface area contributed by atoms with Gasteiger partial charge in [-0.05, 0) is 19.1 Å². The van der Waals surface area contributed by atoms with E-state index in [0.717, 1.165) is 29.4 Å². The summed E-state index contributed by atoms with van der Waals surface area (Å²) in [5, 5.41) is 4.86. The van der Waals surface area contributed by atoms with Gasteiger partial charge in [0.25, 0.3) is 5.91 Å². The van der Waals surface area contributed by atoms with Crippen molar-refractivity contribution in [2.75, 3.05) is 31.1 Å². The van der Waals surface area contributed by atoms with E-state index < -0.39 is 0 Å². The number of rotatable bonds is 3. The first kappa shape index (κ1) is 17.6. The summed E-state index contributed by atoms with van der Waals surface area (Å²) in [4.78, 5) is 17.2. The average Bonchev–Trinajstić information content (AvgIpc) is 3.10. The Morgan fingerprint density at radius 2 is 1.67 bits per heavy atom. The Morgan fingerprint density at radius 3 is 2.37 bits per heavy atom. The standard InChI is InChI=1S/C21H20ClN3O2/c1-15-19(20(23-27-15)16-7-3-2-4-8-16)21(26)25-13-11-24(12-14-25)18-10-6-5-9-17(18)22/h2-10H,11-14H2,1H3. The quantitative estimate of drug-likeness (QED) is 0.680. The summed E-state index contributed by atoms with van der Waals surface area (Å²) in [6.45, 7) is 4.51. The van der Waals surface area contributed by atoms with Gasteiger partial charge in [0.15, 0.2) is 0 Å². The predicted molar refractivity (Wildman–Crippen MR) is 106 cm³/mol. The Morgan fingerprint density at radius 1 is 1.00 bits per heavy atom. The summed E-state index contributed by atoms with van der Waals surface area (Å²) >= 11 is 6.30. The molecule has 1 aromatic heterocycles. The molecule has 0 aliphatic carbocycles. The summed E-state index contributed by atoms with van der Waals surface area (Å²) in [6, 6.07) is 17.5. The van der Waals surface area contributed by atoms with Gasteiger partial charge in [-0.15, -0.1) is 0 Å². The largest absolute Gasteiger partial charge is 0.367 e. The van der Waals surface area contributed by atoms with Crippen LogP contribution in [0.5, 0.6) is 0 Å². The predicted octanol–water partition coefficient (Wildman–Crippen LogP) is 4.27. The minimum atomic E-state index is -0.0357. The van der Waals surface area contributed by atoms with Gasteiger partial charge in [-0.1, -0.05) is 59.2 Å². The van der Waals surface area contributed by atoms with Crippen LogP contribution in [0.15, 0.2) is 59.1 Å². The zero-order chi connectivity index (χ0) is 18.8. The molecule has 1 amide bonds. The number of aryl methyl sites for hydroxylation is 1. The summed E-state index contributed by atoms with van der Waals surface area (Å²) in [5.41, 5.74) is 3.05. The second kappa shape index (κ2) is 7.45. The lowest BCUT2D eigenvalue weighted by Crippen LogP contribution is -2.49. The van der Waals surface area contributed by atoms with E-state index in [4.69, 9.17) is 16.1 Å². The maximum atomic E-state index is 13.2. The molecule has 1 fully saturated rings. The van der Waals surface area contributed by atoms with Crippen molar-refractivity contribution in [2.45, 2.75) is 6.92 Å². The highest BCUT2D eigenvalue weighted by molar-refractivity contribution is 6.33. The number of hydrogen-bond acceptors (Lipinski definition) is 4. The number of benzene rings is 2. The third kappa shape index (κ3) is 3.43. The monoisotopic (exact) mass is 381 g/mol. The van der Waals surface area contributed by atoms with Crippen LogP contribution in [0.25, 0.3) is 11.3 Å².